The summed E-state index contributed by atoms with van der Waals surface area (Å²) >= 11 is 0. The van der Waals surface area contributed by atoms with Gasteiger partial charge in [-0.2, -0.15) is 10.2 Å². The van der Waals surface area contributed by atoms with E-state index < -0.39 is 13.2 Å². The molecule has 1 heterocycles. The van der Waals surface area contributed by atoms with E-state index in [9.17, 15) is 9.36 Å². The summed E-state index contributed by atoms with van der Waals surface area (Å²) in [5.74, 6) is -0.149. The van der Waals surface area contributed by atoms with Crippen LogP contribution in [0.2, 0.25) is 0 Å². The molecule has 0 unspecified atom stereocenters. The van der Waals surface area contributed by atoms with Crippen LogP contribution in [-0.2, 0) is 31.3 Å². The molecule has 0 aliphatic rings. The fraction of sp³-hybridized carbons (Fsp3) is 0.667. The zero-order valence-corrected chi connectivity index (χ0v) is 16.4. The van der Waals surface area contributed by atoms with Crippen molar-refractivity contribution in [1.29, 1.82) is 5.26 Å². The van der Waals surface area contributed by atoms with Crippen molar-refractivity contribution in [3.8, 4) is 6.07 Å². The molecule has 0 aliphatic carbocycles. The maximum Gasteiger partial charge on any atom is 0.356 e. The zero-order valence-electron chi connectivity index (χ0n) is 15.5. The predicted octanol–water partition coefficient (Wildman–Crippen LogP) is 1.49. The Morgan fingerprint density at radius 2 is 1.81 bits per heavy atom. The molecule has 0 fully saturated rings. The Kier molecular flexibility index (Phi) is 8.24. The van der Waals surface area contributed by atoms with Crippen LogP contribution in [0.3, 0.4) is 0 Å². The maximum absolute atomic E-state index is 12.6. The molecule has 0 bridgehead atoms. The highest BCUT2D eigenvalue weighted by Gasteiger charge is 2.28. The molecule has 1 rings (SSSR count). The first-order valence-electron chi connectivity index (χ1n) is 8.14. The minimum absolute atomic E-state index is 0.0224. The molecule has 10 nitrogen and oxygen atoms in total. The second-order valence-electron chi connectivity index (χ2n) is 6.08. The highest BCUT2D eigenvalue weighted by atomic mass is 31.2. The van der Waals surface area contributed by atoms with Gasteiger partial charge in [0.25, 0.3) is 5.56 Å². The molecule has 0 aromatic carbocycles. The van der Waals surface area contributed by atoms with Gasteiger partial charge in [-0.05, 0) is 27.7 Å². The first-order chi connectivity index (χ1) is 12.1. The fourth-order valence-electron chi connectivity index (χ4n) is 2.15. The van der Waals surface area contributed by atoms with Crippen LogP contribution in [0.1, 0.15) is 33.3 Å². The van der Waals surface area contributed by atoms with Gasteiger partial charge in [-0.1, -0.05) is 0 Å². The average Bonchev–Trinajstić information content (AvgIpc) is 2.48. The maximum atomic E-state index is 12.6. The van der Waals surface area contributed by atoms with Gasteiger partial charge in [-0.3, -0.25) is 13.9 Å². The standard InChI is InChI=1S/C15H26N5O5P/c1-10(2)24-26(22,25-11(3)4)9-23-8-7-20-14(21)12(5-6-16)13(17)19-15(20)18/h10-11H,5,7-9,17H2,1-4H3,(H2,18,19). The third-order valence-corrected chi connectivity index (χ3v) is 5.02. The van der Waals surface area contributed by atoms with Crippen LogP contribution in [0.4, 0.5) is 11.8 Å². The molecule has 0 saturated heterocycles. The molecule has 1 aromatic heterocycles. The van der Waals surface area contributed by atoms with E-state index in [0.717, 1.165) is 4.57 Å². The van der Waals surface area contributed by atoms with Crippen molar-refractivity contribution in [3.63, 3.8) is 0 Å². The number of nitrogens with zero attached hydrogens (tertiary/aromatic N) is 3. The molecule has 1 aromatic rings. The fourth-order valence-corrected chi connectivity index (χ4v) is 3.96. The van der Waals surface area contributed by atoms with Gasteiger partial charge in [0.05, 0.1) is 43.4 Å². The van der Waals surface area contributed by atoms with Crippen molar-refractivity contribution in [2.45, 2.75) is 52.9 Å². The summed E-state index contributed by atoms with van der Waals surface area (Å²) in [4.78, 5) is 16.2. The third kappa shape index (κ3) is 6.42. The van der Waals surface area contributed by atoms with Crippen LogP contribution in [0.5, 0.6) is 0 Å². The van der Waals surface area contributed by atoms with Gasteiger partial charge in [0.2, 0.25) is 5.95 Å². The topological polar surface area (TPSA) is 155 Å². The largest absolute Gasteiger partial charge is 0.383 e. The van der Waals surface area contributed by atoms with Crippen molar-refractivity contribution < 1.29 is 18.3 Å². The molecule has 26 heavy (non-hydrogen) atoms. The normalized spacial score (nSPS) is 11.9. The summed E-state index contributed by atoms with van der Waals surface area (Å²) in [6.07, 6.45) is -1.02. The van der Waals surface area contributed by atoms with Crippen molar-refractivity contribution in [1.82, 2.24) is 9.55 Å². The van der Waals surface area contributed by atoms with E-state index in [1.54, 1.807) is 27.7 Å². The number of aromatic nitrogens is 2. The van der Waals surface area contributed by atoms with Crippen molar-refractivity contribution >= 4 is 19.4 Å². The monoisotopic (exact) mass is 387 g/mol. The van der Waals surface area contributed by atoms with Gasteiger partial charge in [0, 0.05) is 0 Å². The Hall–Kier alpha value is -1.92. The minimum atomic E-state index is -3.42. The van der Waals surface area contributed by atoms with E-state index in [2.05, 4.69) is 4.98 Å². The molecule has 0 spiro atoms. The summed E-state index contributed by atoms with van der Waals surface area (Å²) in [6, 6.07) is 1.86. The highest BCUT2D eigenvalue weighted by Crippen LogP contribution is 2.50. The molecular weight excluding hydrogens is 361 g/mol. The van der Waals surface area contributed by atoms with Crippen LogP contribution in [-0.4, -0.2) is 34.7 Å². The number of ether oxygens (including phenoxy) is 1. The molecule has 0 amide bonds. The summed E-state index contributed by atoms with van der Waals surface area (Å²) < 4.78 is 29.9. The average molecular weight is 387 g/mol. The Bertz CT molecular complexity index is 742. The number of hydrogen-bond donors (Lipinski definition) is 2. The Morgan fingerprint density at radius 3 is 2.31 bits per heavy atom. The summed E-state index contributed by atoms with van der Waals surface area (Å²) in [5, 5.41) is 8.78. The van der Waals surface area contributed by atoms with E-state index in [4.69, 9.17) is 30.5 Å². The van der Waals surface area contributed by atoms with Crippen LogP contribution in [0.15, 0.2) is 4.79 Å². The lowest BCUT2D eigenvalue weighted by Gasteiger charge is -2.22. The summed E-state index contributed by atoms with van der Waals surface area (Å²) in [6.45, 7) is 7.05. The lowest BCUT2D eigenvalue weighted by Crippen LogP contribution is -2.30. The summed E-state index contributed by atoms with van der Waals surface area (Å²) in [7, 11) is -3.42. The van der Waals surface area contributed by atoms with E-state index >= 15 is 0 Å². The first-order valence-corrected chi connectivity index (χ1v) is 9.87. The number of hydrogen-bond acceptors (Lipinski definition) is 9. The summed E-state index contributed by atoms with van der Waals surface area (Å²) in [5.41, 5.74) is 10.9. The van der Waals surface area contributed by atoms with E-state index in [-0.39, 0.29) is 55.5 Å². The number of anilines is 2. The van der Waals surface area contributed by atoms with E-state index in [1.165, 1.54) is 0 Å². The quantitative estimate of drug-likeness (QED) is 0.448. The number of nitriles is 1. The van der Waals surface area contributed by atoms with Gasteiger partial charge >= 0.3 is 7.60 Å². The van der Waals surface area contributed by atoms with E-state index in [0.29, 0.717) is 0 Å². The number of rotatable bonds is 10. The van der Waals surface area contributed by atoms with Crippen molar-refractivity contribution in [3.05, 3.63) is 15.9 Å². The Morgan fingerprint density at radius 1 is 1.23 bits per heavy atom. The Labute approximate surface area is 152 Å². The van der Waals surface area contributed by atoms with Gasteiger partial charge in [-0.15, -0.1) is 0 Å². The lowest BCUT2D eigenvalue weighted by molar-refractivity contribution is 0.0957. The molecule has 0 saturated carbocycles. The molecule has 0 atom stereocenters. The zero-order chi connectivity index (χ0) is 19.9. The highest BCUT2D eigenvalue weighted by molar-refractivity contribution is 7.53. The van der Waals surface area contributed by atoms with Gasteiger partial charge in [-0.25, -0.2) is 0 Å². The second kappa shape index (κ2) is 9.69. The molecular formula is C15H26N5O5P. The molecule has 0 aliphatic heterocycles. The minimum Gasteiger partial charge on any atom is -0.383 e. The van der Waals surface area contributed by atoms with Crippen molar-refractivity contribution in [2.75, 3.05) is 24.4 Å². The van der Waals surface area contributed by atoms with Crippen LogP contribution < -0.4 is 17.0 Å². The number of nitrogen functional groups attached to an aromatic ring is 2. The number of nitrogens with two attached hydrogens (primary N) is 2. The van der Waals surface area contributed by atoms with Crippen LogP contribution in [0, 0.1) is 11.3 Å². The molecule has 4 N–H and O–H groups in total. The lowest BCUT2D eigenvalue weighted by atomic mass is 10.2. The van der Waals surface area contributed by atoms with Crippen molar-refractivity contribution in [2.24, 2.45) is 0 Å². The third-order valence-electron chi connectivity index (χ3n) is 3.03. The van der Waals surface area contributed by atoms with Gasteiger partial charge in [0.1, 0.15) is 12.2 Å². The second-order valence-corrected chi connectivity index (χ2v) is 7.98. The molecule has 146 valence electrons. The van der Waals surface area contributed by atoms with Gasteiger partial charge in [0.15, 0.2) is 0 Å². The van der Waals surface area contributed by atoms with Gasteiger partial charge < -0.3 is 25.3 Å². The predicted molar refractivity (Wildman–Crippen MR) is 97.5 cm³/mol. The SMILES string of the molecule is CC(C)OP(=O)(COCCn1c(N)nc(N)c(CC#N)c1=O)OC(C)C. The Balaban J connectivity index is 2.79. The molecule has 0 radical (unpaired) electrons. The van der Waals surface area contributed by atoms with E-state index in [1.807, 2.05) is 6.07 Å². The van der Waals surface area contributed by atoms with Crippen LogP contribution >= 0.6 is 7.60 Å². The molecule has 11 heteroatoms. The van der Waals surface area contributed by atoms with Crippen LogP contribution in [0.25, 0.3) is 0 Å². The first kappa shape index (κ1) is 22.1. The smallest absolute Gasteiger partial charge is 0.356 e.